The minimum atomic E-state index is 0.249. The molecule has 2 bridgehead atoms. The molecule has 1 aromatic heterocycles. The summed E-state index contributed by atoms with van der Waals surface area (Å²) < 4.78 is 1.96. The third-order valence-corrected chi connectivity index (χ3v) is 5.28. The van der Waals surface area contributed by atoms with Gasteiger partial charge in [-0.25, -0.2) is 4.98 Å². The molecule has 1 amide bonds. The highest BCUT2D eigenvalue weighted by Crippen LogP contribution is 2.22. The lowest BCUT2D eigenvalue weighted by atomic mass is 10.00. The molecule has 2 fully saturated rings. The summed E-state index contributed by atoms with van der Waals surface area (Å²) in [6.45, 7) is 2.86. The van der Waals surface area contributed by atoms with Crippen LogP contribution in [0.5, 0.6) is 0 Å². The normalized spacial score (nSPS) is 26.4. The molecule has 0 unspecified atom stereocenters. The number of likely N-dealkylation sites (tertiary alicyclic amines) is 1. The Morgan fingerprint density at radius 1 is 1.50 bits per heavy atom. The van der Waals surface area contributed by atoms with Crippen LogP contribution in [0.15, 0.2) is 17.6 Å². The Hall–Kier alpha value is -1.01. The molecular weight excluding hydrogens is 272 g/mol. The quantitative estimate of drug-likeness (QED) is 0.849. The molecule has 0 aliphatic carbocycles. The van der Waals surface area contributed by atoms with Crippen LogP contribution >= 0.6 is 11.8 Å². The summed E-state index contributed by atoms with van der Waals surface area (Å²) in [5, 5.41) is 4.50. The summed E-state index contributed by atoms with van der Waals surface area (Å²) in [6, 6.07) is 0.490. The Labute approximate surface area is 124 Å². The van der Waals surface area contributed by atoms with Gasteiger partial charge < -0.3 is 14.8 Å². The van der Waals surface area contributed by atoms with Gasteiger partial charge in [0, 0.05) is 38.6 Å². The van der Waals surface area contributed by atoms with Gasteiger partial charge in [0.1, 0.15) is 0 Å². The van der Waals surface area contributed by atoms with Gasteiger partial charge >= 0.3 is 0 Å². The minimum absolute atomic E-state index is 0.249. The number of aryl methyl sites for hydroxylation is 1. The summed E-state index contributed by atoms with van der Waals surface area (Å²) in [5.74, 6) is 1.37. The maximum atomic E-state index is 12.4. The van der Waals surface area contributed by atoms with Crippen LogP contribution in [0.2, 0.25) is 0 Å². The van der Waals surface area contributed by atoms with Gasteiger partial charge in [0.15, 0.2) is 5.16 Å². The van der Waals surface area contributed by atoms with Crippen molar-refractivity contribution in [2.45, 2.75) is 30.5 Å². The molecule has 0 spiro atoms. The third-order valence-electron chi connectivity index (χ3n) is 4.23. The van der Waals surface area contributed by atoms with Gasteiger partial charge in [0.05, 0.1) is 5.75 Å². The fourth-order valence-corrected chi connectivity index (χ4v) is 3.90. The minimum Gasteiger partial charge on any atom is -0.340 e. The molecule has 1 N–H and O–H groups in total. The molecule has 2 aliphatic rings. The van der Waals surface area contributed by atoms with E-state index < -0.39 is 0 Å². The first-order valence-electron chi connectivity index (χ1n) is 7.33. The average molecular weight is 294 g/mol. The summed E-state index contributed by atoms with van der Waals surface area (Å²) in [6.07, 6.45) is 7.43. The van der Waals surface area contributed by atoms with Crippen molar-refractivity contribution in [2.24, 2.45) is 13.0 Å². The molecule has 110 valence electrons. The summed E-state index contributed by atoms with van der Waals surface area (Å²) in [5.41, 5.74) is 0. The number of hydrogen-bond donors (Lipinski definition) is 1. The molecular formula is C14H22N4OS. The lowest BCUT2D eigenvalue weighted by molar-refractivity contribution is -0.129. The second-order valence-corrected chi connectivity index (χ2v) is 6.75. The molecule has 6 heteroatoms. The van der Waals surface area contributed by atoms with Crippen molar-refractivity contribution in [3.63, 3.8) is 0 Å². The highest BCUT2D eigenvalue weighted by molar-refractivity contribution is 7.99. The zero-order chi connectivity index (χ0) is 13.9. The van der Waals surface area contributed by atoms with E-state index in [-0.39, 0.29) is 5.91 Å². The van der Waals surface area contributed by atoms with Gasteiger partial charge in [0.25, 0.3) is 0 Å². The second kappa shape index (κ2) is 6.18. The SMILES string of the molecule is Cn1ccnc1SCC(=O)N1C[C@H]2CCC[C@@H](C1)NC2. The molecule has 0 saturated carbocycles. The van der Waals surface area contributed by atoms with E-state index >= 15 is 0 Å². The Balaban J connectivity index is 1.58. The van der Waals surface area contributed by atoms with Crippen LogP contribution in [0, 0.1) is 5.92 Å². The molecule has 2 atom stereocenters. The van der Waals surface area contributed by atoms with Crippen LogP contribution in [0.3, 0.4) is 0 Å². The van der Waals surface area contributed by atoms with E-state index in [2.05, 4.69) is 15.2 Å². The number of rotatable bonds is 3. The standard InChI is InChI=1S/C14H22N4OS/c1-17-6-5-15-14(17)20-10-13(19)18-8-11-3-2-4-12(9-18)16-7-11/h5-6,11-12,16H,2-4,7-10H2,1H3/t11-,12-/m0/s1. The zero-order valence-electron chi connectivity index (χ0n) is 11.9. The number of imidazole rings is 1. The predicted octanol–water partition coefficient (Wildman–Crippen LogP) is 1.11. The summed E-state index contributed by atoms with van der Waals surface area (Å²) >= 11 is 1.53. The molecule has 2 saturated heterocycles. The van der Waals surface area contributed by atoms with E-state index in [9.17, 15) is 4.79 Å². The van der Waals surface area contributed by atoms with Crippen molar-refractivity contribution in [3.05, 3.63) is 12.4 Å². The largest absolute Gasteiger partial charge is 0.340 e. The van der Waals surface area contributed by atoms with Crippen molar-refractivity contribution in [3.8, 4) is 0 Å². The predicted molar refractivity (Wildman–Crippen MR) is 79.6 cm³/mol. The number of nitrogens with zero attached hydrogens (tertiary/aromatic N) is 3. The number of aromatic nitrogens is 2. The number of hydrogen-bond acceptors (Lipinski definition) is 4. The van der Waals surface area contributed by atoms with Gasteiger partial charge in [-0.3, -0.25) is 4.79 Å². The molecule has 3 heterocycles. The third kappa shape index (κ3) is 3.17. The highest BCUT2D eigenvalue weighted by atomic mass is 32.2. The number of carbonyl (C=O) groups excluding carboxylic acids is 1. The van der Waals surface area contributed by atoms with Gasteiger partial charge in [-0.15, -0.1) is 0 Å². The number of fused-ring (bicyclic) bond motifs is 3. The topological polar surface area (TPSA) is 50.2 Å². The van der Waals surface area contributed by atoms with Gasteiger partial charge in [-0.2, -0.15) is 0 Å². The number of thioether (sulfide) groups is 1. The maximum absolute atomic E-state index is 12.4. The number of amides is 1. The molecule has 2 aliphatic heterocycles. The smallest absolute Gasteiger partial charge is 0.233 e. The Bertz CT molecular complexity index is 461. The van der Waals surface area contributed by atoms with Gasteiger partial charge in [-0.05, 0) is 25.3 Å². The highest BCUT2D eigenvalue weighted by Gasteiger charge is 2.29. The monoisotopic (exact) mass is 294 g/mol. The molecule has 20 heavy (non-hydrogen) atoms. The average Bonchev–Trinajstić information content (AvgIpc) is 2.64. The lowest BCUT2D eigenvalue weighted by Crippen LogP contribution is -2.42. The van der Waals surface area contributed by atoms with Crippen molar-refractivity contribution < 1.29 is 4.79 Å². The first kappa shape index (κ1) is 13.9. The molecule has 1 aromatic rings. The van der Waals surface area contributed by atoms with Crippen LogP contribution in [-0.4, -0.2) is 51.8 Å². The van der Waals surface area contributed by atoms with Crippen molar-refractivity contribution in [2.75, 3.05) is 25.4 Å². The van der Waals surface area contributed by atoms with E-state index in [1.165, 1.54) is 31.0 Å². The van der Waals surface area contributed by atoms with Crippen LogP contribution < -0.4 is 5.32 Å². The first-order chi connectivity index (χ1) is 9.72. The Kier molecular flexibility index (Phi) is 4.31. The van der Waals surface area contributed by atoms with Gasteiger partial charge in [0.2, 0.25) is 5.91 Å². The molecule has 0 radical (unpaired) electrons. The number of carbonyl (C=O) groups is 1. The second-order valence-electron chi connectivity index (χ2n) is 5.81. The molecule has 5 nitrogen and oxygen atoms in total. The van der Waals surface area contributed by atoms with E-state index in [1.807, 2.05) is 17.8 Å². The maximum Gasteiger partial charge on any atom is 0.233 e. The lowest BCUT2D eigenvalue weighted by Gasteiger charge is -2.28. The van der Waals surface area contributed by atoms with Crippen LogP contribution in [0.4, 0.5) is 0 Å². The van der Waals surface area contributed by atoms with Crippen molar-refractivity contribution in [1.29, 1.82) is 0 Å². The fourth-order valence-electron chi connectivity index (χ4n) is 3.07. The summed E-state index contributed by atoms with van der Waals surface area (Å²) in [4.78, 5) is 18.7. The first-order valence-corrected chi connectivity index (χ1v) is 8.32. The Morgan fingerprint density at radius 2 is 2.40 bits per heavy atom. The molecule has 3 rings (SSSR count). The van der Waals surface area contributed by atoms with Crippen molar-refractivity contribution in [1.82, 2.24) is 19.8 Å². The van der Waals surface area contributed by atoms with E-state index in [0.717, 1.165) is 24.8 Å². The van der Waals surface area contributed by atoms with E-state index in [0.29, 0.717) is 17.7 Å². The fraction of sp³-hybridized carbons (Fsp3) is 0.714. The van der Waals surface area contributed by atoms with Crippen molar-refractivity contribution >= 4 is 17.7 Å². The Morgan fingerprint density at radius 3 is 3.20 bits per heavy atom. The number of nitrogens with one attached hydrogen (secondary N) is 1. The molecule has 0 aromatic carbocycles. The van der Waals surface area contributed by atoms with E-state index in [4.69, 9.17) is 0 Å². The van der Waals surface area contributed by atoms with Crippen LogP contribution in [-0.2, 0) is 11.8 Å². The van der Waals surface area contributed by atoms with Crippen LogP contribution in [0.25, 0.3) is 0 Å². The summed E-state index contributed by atoms with van der Waals surface area (Å²) in [7, 11) is 1.96. The van der Waals surface area contributed by atoms with Crippen LogP contribution in [0.1, 0.15) is 19.3 Å². The zero-order valence-corrected chi connectivity index (χ0v) is 12.7. The van der Waals surface area contributed by atoms with Gasteiger partial charge in [-0.1, -0.05) is 18.2 Å². The van der Waals surface area contributed by atoms with E-state index in [1.54, 1.807) is 6.20 Å².